The van der Waals surface area contributed by atoms with Crippen molar-refractivity contribution < 1.29 is 14.3 Å². The van der Waals surface area contributed by atoms with Gasteiger partial charge in [-0.25, -0.2) is 4.79 Å². The summed E-state index contributed by atoms with van der Waals surface area (Å²) in [6.07, 6.45) is 0.818. The number of urea groups is 1. The predicted molar refractivity (Wildman–Crippen MR) is 92.4 cm³/mol. The molecular formula is C19H22N2O3. The highest BCUT2D eigenvalue weighted by Gasteiger charge is 2.16. The van der Waals surface area contributed by atoms with Crippen LogP contribution in [0.3, 0.4) is 0 Å². The van der Waals surface area contributed by atoms with Crippen molar-refractivity contribution in [1.29, 1.82) is 0 Å². The van der Waals surface area contributed by atoms with Gasteiger partial charge in [0.2, 0.25) is 6.79 Å². The summed E-state index contributed by atoms with van der Waals surface area (Å²) in [4.78, 5) is 12.1. The van der Waals surface area contributed by atoms with E-state index in [1.54, 1.807) is 0 Å². The molecule has 0 saturated carbocycles. The van der Waals surface area contributed by atoms with Crippen LogP contribution in [0.5, 0.6) is 11.5 Å². The second-order valence-electron chi connectivity index (χ2n) is 5.91. The van der Waals surface area contributed by atoms with Crippen molar-refractivity contribution in [3.63, 3.8) is 0 Å². The van der Waals surface area contributed by atoms with Crippen LogP contribution in [0.4, 0.5) is 4.79 Å². The molecule has 1 unspecified atom stereocenters. The maximum absolute atomic E-state index is 12.1. The summed E-state index contributed by atoms with van der Waals surface area (Å²) in [7, 11) is 0. The lowest BCUT2D eigenvalue weighted by Gasteiger charge is -2.15. The van der Waals surface area contributed by atoms with E-state index in [9.17, 15) is 4.79 Å². The van der Waals surface area contributed by atoms with E-state index in [2.05, 4.69) is 29.7 Å². The van der Waals surface area contributed by atoms with E-state index in [0.29, 0.717) is 6.54 Å². The first-order chi connectivity index (χ1) is 11.6. The molecule has 3 rings (SSSR count). The molecule has 1 atom stereocenters. The molecule has 2 aromatic carbocycles. The third-order valence-corrected chi connectivity index (χ3v) is 4.19. The van der Waals surface area contributed by atoms with Gasteiger partial charge in [-0.1, -0.05) is 30.3 Å². The van der Waals surface area contributed by atoms with Crippen molar-refractivity contribution in [1.82, 2.24) is 10.6 Å². The fourth-order valence-electron chi connectivity index (χ4n) is 2.71. The summed E-state index contributed by atoms with van der Waals surface area (Å²) < 4.78 is 10.7. The average molecular weight is 326 g/mol. The second-order valence-corrected chi connectivity index (χ2v) is 5.91. The fraction of sp³-hybridized carbons (Fsp3) is 0.316. The molecule has 0 bridgehead atoms. The van der Waals surface area contributed by atoms with E-state index in [1.165, 1.54) is 11.1 Å². The molecule has 2 N–H and O–H groups in total. The maximum Gasteiger partial charge on any atom is 0.315 e. The molecule has 126 valence electrons. The molecule has 0 aromatic heterocycles. The van der Waals surface area contributed by atoms with Crippen LogP contribution in [0, 0.1) is 6.92 Å². The Hall–Kier alpha value is -2.69. The van der Waals surface area contributed by atoms with Gasteiger partial charge in [-0.15, -0.1) is 0 Å². The number of aryl methyl sites for hydroxylation is 1. The van der Waals surface area contributed by atoms with Crippen LogP contribution in [0.25, 0.3) is 0 Å². The lowest BCUT2D eigenvalue weighted by atomic mass is 10.1. The normalized spacial score (nSPS) is 13.4. The zero-order valence-electron chi connectivity index (χ0n) is 14.0. The largest absolute Gasteiger partial charge is 0.454 e. The van der Waals surface area contributed by atoms with Crippen LogP contribution < -0.4 is 20.1 Å². The van der Waals surface area contributed by atoms with Crippen LogP contribution >= 0.6 is 0 Å². The van der Waals surface area contributed by atoms with Crippen LogP contribution in [0.1, 0.15) is 29.7 Å². The van der Waals surface area contributed by atoms with Gasteiger partial charge in [-0.3, -0.25) is 0 Å². The van der Waals surface area contributed by atoms with Gasteiger partial charge in [0.15, 0.2) is 11.5 Å². The Morgan fingerprint density at radius 2 is 1.96 bits per heavy atom. The summed E-state index contributed by atoms with van der Waals surface area (Å²) in [6.45, 7) is 4.88. The van der Waals surface area contributed by atoms with Crippen molar-refractivity contribution in [2.24, 2.45) is 0 Å². The molecule has 5 heteroatoms. The van der Waals surface area contributed by atoms with E-state index in [-0.39, 0.29) is 18.9 Å². The lowest BCUT2D eigenvalue weighted by Crippen LogP contribution is -2.38. The summed E-state index contributed by atoms with van der Waals surface area (Å²) in [5.74, 6) is 1.47. The second kappa shape index (κ2) is 7.25. The third kappa shape index (κ3) is 3.79. The van der Waals surface area contributed by atoms with Gasteiger partial charge >= 0.3 is 6.03 Å². The standard InChI is InChI=1S/C19H22N2O3/c1-13-5-3-4-6-15(13)9-10-20-19(22)21-14(2)16-7-8-17-18(11-16)24-12-23-17/h3-8,11,14H,9-10,12H2,1-2H3,(H2,20,21,22). The van der Waals surface area contributed by atoms with E-state index in [1.807, 2.05) is 37.3 Å². The van der Waals surface area contributed by atoms with Crippen molar-refractivity contribution in [3.05, 3.63) is 59.2 Å². The highest BCUT2D eigenvalue weighted by Crippen LogP contribution is 2.34. The van der Waals surface area contributed by atoms with Gasteiger partial charge in [0, 0.05) is 6.54 Å². The molecule has 0 aliphatic carbocycles. The smallest absolute Gasteiger partial charge is 0.315 e. The number of rotatable bonds is 5. The zero-order chi connectivity index (χ0) is 16.9. The maximum atomic E-state index is 12.1. The number of carbonyl (C=O) groups excluding carboxylic acids is 1. The van der Waals surface area contributed by atoms with E-state index >= 15 is 0 Å². The first-order valence-electron chi connectivity index (χ1n) is 8.12. The monoisotopic (exact) mass is 326 g/mol. The van der Waals surface area contributed by atoms with Crippen LogP contribution in [0.15, 0.2) is 42.5 Å². The van der Waals surface area contributed by atoms with Crippen molar-refractivity contribution >= 4 is 6.03 Å². The third-order valence-electron chi connectivity index (χ3n) is 4.19. The van der Waals surface area contributed by atoms with Gasteiger partial charge in [0.1, 0.15) is 0 Å². The number of benzene rings is 2. The summed E-state index contributed by atoms with van der Waals surface area (Å²) in [5.41, 5.74) is 3.48. The number of hydrogen-bond donors (Lipinski definition) is 2. The first kappa shape index (κ1) is 16.2. The molecule has 2 aromatic rings. The Labute approximate surface area is 142 Å². The molecule has 24 heavy (non-hydrogen) atoms. The van der Waals surface area contributed by atoms with Crippen molar-refractivity contribution in [2.75, 3.05) is 13.3 Å². The summed E-state index contributed by atoms with van der Waals surface area (Å²) >= 11 is 0. The van der Waals surface area contributed by atoms with Gasteiger partial charge in [-0.2, -0.15) is 0 Å². The number of carbonyl (C=O) groups is 1. The first-order valence-corrected chi connectivity index (χ1v) is 8.12. The molecule has 5 nitrogen and oxygen atoms in total. The molecule has 0 fully saturated rings. The molecular weight excluding hydrogens is 304 g/mol. The zero-order valence-corrected chi connectivity index (χ0v) is 14.0. The Kier molecular flexibility index (Phi) is 4.89. The number of hydrogen-bond acceptors (Lipinski definition) is 3. The minimum Gasteiger partial charge on any atom is -0.454 e. The number of ether oxygens (including phenoxy) is 2. The van der Waals surface area contributed by atoms with Crippen LogP contribution in [-0.2, 0) is 6.42 Å². The predicted octanol–water partition coefficient (Wildman–Crippen LogP) is 3.33. The van der Waals surface area contributed by atoms with E-state index < -0.39 is 0 Å². The summed E-state index contributed by atoms with van der Waals surface area (Å²) in [5, 5.41) is 5.85. The molecule has 1 aliphatic rings. The highest BCUT2D eigenvalue weighted by atomic mass is 16.7. The molecule has 0 saturated heterocycles. The molecule has 0 spiro atoms. The number of amides is 2. The fourth-order valence-corrected chi connectivity index (χ4v) is 2.71. The minimum atomic E-state index is -0.172. The minimum absolute atomic E-state index is 0.113. The molecule has 1 heterocycles. The average Bonchev–Trinajstić information content (AvgIpc) is 3.04. The van der Waals surface area contributed by atoms with Crippen molar-refractivity contribution in [2.45, 2.75) is 26.3 Å². The van der Waals surface area contributed by atoms with Gasteiger partial charge in [-0.05, 0) is 49.1 Å². The lowest BCUT2D eigenvalue weighted by molar-refractivity contribution is 0.174. The Morgan fingerprint density at radius 1 is 1.17 bits per heavy atom. The van der Waals surface area contributed by atoms with E-state index in [0.717, 1.165) is 23.5 Å². The molecule has 1 aliphatic heterocycles. The summed E-state index contributed by atoms with van der Waals surface area (Å²) in [6, 6.07) is 13.6. The number of fused-ring (bicyclic) bond motifs is 1. The SMILES string of the molecule is Cc1ccccc1CCNC(=O)NC(C)c1ccc2c(c1)OCO2. The van der Waals surface area contributed by atoms with E-state index in [4.69, 9.17) is 9.47 Å². The highest BCUT2D eigenvalue weighted by molar-refractivity contribution is 5.74. The van der Waals surface area contributed by atoms with Gasteiger partial charge in [0.05, 0.1) is 6.04 Å². The number of nitrogens with one attached hydrogen (secondary N) is 2. The Bertz CT molecular complexity index is 730. The molecule has 0 radical (unpaired) electrons. The van der Waals surface area contributed by atoms with Crippen LogP contribution in [0.2, 0.25) is 0 Å². The quantitative estimate of drug-likeness (QED) is 0.886. The Morgan fingerprint density at radius 3 is 2.79 bits per heavy atom. The Balaban J connectivity index is 1.48. The topological polar surface area (TPSA) is 59.6 Å². The van der Waals surface area contributed by atoms with Crippen molar-refractivity contribution in [3.8, 4) is 11.5 Å². The van der Waals surface area contributed by atoms with Gasteiger partial charge < -0.3 is 20.1 Å². The molecule has 2 amide bonds. The van der Waals surface area contributed by atoms with Gasteiger partial charge in [0.25, 0.3) is 0 Å². The van der Waals surface area contributed by atoms with Crippen LogP contribution in [-0.4, -0.2) is 19.4 Å².